The van der Waals surface area contributed by atoms with E-state index < -0.39 is 50.4 Å². The lowest BCUT2D eigenvalue weighted by Gasteiger charge is -2.05. The van der Waals surface area contributed by atoms with Gasteiger partial charge in [0.2, 0.25) is 5.82 Å². The molecule has 0 fully saturated rings. The SMILES string of the molecule is O=[N+]([O-])C(=Cc1c(F)c(F)c(F)c(F)c1F)Sc1ccc(F)cc1. The fourth-order valence-electron chi connectivity index (χ4n) is 1.61. The molecule has 2 rings (SSSR count). The molecular formula is C14H5F6NO2S. The number of nitrogens with zero attached hydrogens (tertiary/aromatic N) is 1. The van der Waals surface area contributed by atoms with Crippen LogP contribution in [-0.2, 0) is 0 Å². The highest BCUT2D eigenvalue weighted by molar-refractivity contribution is 8.03. The van der Waals surface area contributed by atoms with Gasteiger partial charge in [-0.3, -0.25) is 10.1 Å². The van der Waals surface area contributed by atoms with Gasteiger partial charge in [-0.15, -0.1) is 0 Å². The molecule has 0 aliphatic rings. The van der Waals surface area contributed by atoms with Gasteiger partial charge in [0.05, 0.1) is 10.5 Å². The molecule has 0 aliphatic carbocycles. The third-order valence-electron chi connectivity index (χ3n) is 2.73. The molecule has 2 aromatic rings. The van der Waals surface area contributed by atoms with E-state index in [-0.39, 0.29) is 11.0 Å². The molecule has 0 aliphatic heterocycles. The largest absolute Gasteiger partial charge is 0.308 e. The third-order valence-corrected chi connectivity index (χ3v) is 3.71. The summed E-state index contributed by atoms with van der Waals surface area (Å²) in [5.41, 5.74) is -1.44. The van der Waals surface area contributed by atoms with Crippen molar-refractivity contribution in [1.82, 2.24) is 0 Å². The Kier molecular flexibility index (Phi) is 5.17. The van der Waals surface area contributed by atoms with Crippen LogP contribution < -0.4 is 0 Å². The van der Waals surface area contributed by atoms with E-state index in [0.717, 1.165) is 24.3 Å². The van der Waals surface area contributed by atoms with Gasteiger partial charge >= 0.3 is 5.03 Å². The van der Waals surface area contributed by atoms with E-state index in [1.54, 1.807) is 0 Å². The topological polar surface area (TPSA) is 43.1 Å². The van der Waals surface area contributed by atoms with E-state index in [4.69, 9.17) is 0 Å². The highest BCUT2D eigenvalue weighted by Crippen LogP contribution is 2.31. The summed E-state index contributed by atoms with van der Waals surface area (Å²) in [6.45, 7) is 0. The molecule has 0 spiro atoms. The number of halogens is 6. The minimum Gasteiger partial charge on any atom is -0.258 e. The lowest BCUT2D eigenvalue weighted by Crippen LogP contribution is -2.05. The van der Waals surface area contributed by atoms with Crippen molar-refractivity contribution in [3.63, 3.8) is 0 Å². The van der Waals surface area contributed by atoms with E-state index >= 15 is 0 Å². The lowest BCUT2D eigenvalue weighted by molar-refractivity contribution is -0.408. The highest BCUT2D eigenvalue weighted by Gasteiger charge is 2.26. The first-order valence-electron chi connectivity index (χ1n) is 6.03. The van der Waals surface area contributed by atoms with Crippen LogP contribution in [0.4, 0.5) is 26.3 Å². The molecule has 0 saturated heterocycles. The number of rotatable bonds is 4. The van der Waals surface area contributed by atoms with Gasteiger partial charge in [0, 0.05) is 11.0 Å². The van der Waals surface area contributed by atoms with Crippen molar-refractivity contribution in [2.75, 3.05) is 0 Å². The normalized spacial score (nSPS) is 11.7. The molecule has 0 radical (unpaired) electrons. The van der Waals surface area contributed by atoms with Gasteiger partial charge in [-0.1, -0.05) is 0 Å². The molecule has 0 bridgehead atoms. The van der Waals surface area contributed by atoms with Crippen molar-refractivity contribution < 1.29 is 31.3 Å². The zero-order valence-electron chi connectivity index (χ0n) is 11.3. The fourth-order valence-corrected chi connectivity index (χ4v) is 2.38. The number of thioether (sulfide) groups is 1. The van der Waals surface area contributed by atoms with E-state index in [2.05, 4.69) is 0 Å². The zero-order chi connectivity index (χ0) is 18.0. The molecule has 0 amide bonds. The molecule has 3 nitrogen and oxygen atoms in total. The van der Waals surface area contributed by atoms with Crippen LogP contribution in [0.2, 0.25) is 0 Å². The van der Waals surface area contributed by atoms with Crippen molar-refractivity contribution in [1.29, 1.82) is 0 Å². The van der Waals surface area contributed by atoms with Gasteiger partial charge in [-0.2, -0.15) is 0 Å². The van der Waals surface area contributed by atoms with Crippen molar-refractivity contribution in [3.05, 3.63) is 79.9 Å². The van der Waals surface area contributed by atoms with Crippen LogP contribution in [0.5, 0.6) is 0 Å². The third kappa shape index (κ3) is 3.53. The van der Waals surface area contributed by atoms with Gasteiger partial charge < -0.3 is 0 Å². The number of hydrogen-bond acceptors (Lipinski definition) is 3. The Morgan fingerprint density at radius 2 is 1.33 bits per heavy atom. The summed E-state index contributed by atoms with van der Waals surface area (Å²) in [6, 6.07) is 4.27. The van der Waals surface area contributed by atoms with Gasteiger partial charge in [0.25, 0.3) is 0 Å². The van der Waals surface area contributed by atoms with E-state index in [9.17, 15) is 36.5 Å². The smallest absolute Gasteiger partial charge is 0.258 e. The Morgan fingerprint density at radius 3 is 1.79 bits per heavy atom. The van der Waals surface area contributed by atoms with Crippen LogP contribution in [0.15, 0.2) is 34.2 Å². The number of benzene rings is 2. The first-order valence-corrected chi connectivity index (χ1v) is 6.85. The molecule has 0 N–H and O–H groups in total. The van der Waals surface area contributed by atoms with Crippen LogP contribution in [0.1, 0.15) is 5.56 Å². The number of nitro groups is 1. The van der Waals surface area contributed by atoms with Crippen LogP contribution in [0, 0.1) is 45.0 Å². The summed E-state index contributed by atoms with van der Waals surface area (Å²) in [5.74, 6) is -11.8. The van der Waals surface area contributed by atoms with Crippen LogP contribution in [-0.4, -0.2) is 4.92 Å². The summed E-state index contributed by atoms with van der Waals surface area (Å²) in [5, 5.41) is 10.1. The Morgan fingerprint density at radius 1 is 0.875 bits per heavy atom. The molecule has 0 aromatic heterocycles. The molecule has 126 valence electrons. The predicted molar refractivity (Wildman–Crippen MR) is 73.5 cm³/mol. The summed E-state index contributed by atoms with van der Waals surface area (Å²) >= 11 is 0.357. The second-order valence-electron chi connectivity index (χ2n) is 4.28. The van der Waals surface area contributed by atoms with Crippen LogP contribution in [0.3, 0.4) is 0 Å². The highest BCUT2D eigenvalue weighted by atomic mass is 32.2. The minimum atomic E-state index is -2.36. The Hall–Kier alpha value is -2.49. The van der Waals surface area contributed by atoms with Crippen molar-refractivity contribution in [2.45, 2.75) is 4.90 Å². The van der Waals surface area contributed by atoms with Gasteiger partial charge in [-0.25, -0.2) is 26.3 Å². The standard InChI is InChI=1S/C14H5F6NO2S/c15-6-1-3-7(4-2-6)24-9(21(22)23)5-8-10(16)12(18)14(20)13(19)11(8)17/h1-5H. The van der Waals surface area contributed by atoms with E-state index in [1.807, 2.05) is 0 Å². The average Bonchev–Trinajstić information content (AvgIpc) is 2.55. The zero-order valence-corrected chi connectivity index (χ0v) is 12.1. The first kappa shape index (κ1) is 17.9. The minimum absolute atomic E-state index is 0.128. The monoisotopic (exact) mass is 365 g/mol. The molecule has 10 heteroatoms. The van der Waals surface area contributed by atoms with Gasteiger partial charge in [0.1, 0.15) is 5.82 Å². The Bertz CT molecular complexity index is 809. The first-order chi connectivity index (χ1) is 11.2. The Labute approximate surface area is 134 Å². The average molecular weight is 365 g/mol. The predicted octanol–water partition coefficient (Wildman–Crippen LogP) is 4.89. The molecule has 0 heterocycles. The molecule has 0 atom stereocenters. The summed E-state index contributed by atoms with van der Waals surface area (Å²) in [7, 11) is 0. The maximum Gasteiger partial charge on any atom is 0.308 e. The summed E-state index contributed by atoms with van der Waals surface area (Å²) in [4.78, 5) is 10.0. The fraction of sp³-hybridized carbons (Fsp3) is 0. The van der Waals surface area contributed by atoms with Crippen molar-refractivity contribution in [2.24, 2.45) is 0 Å². The van der Waals surface area contributed by atoms with Crippen LogP contribution in [0.25, 0.3) is 6.08 Å². The molecular weight excluding hydrogens is 360 g/mol. The molecule has 0 saturated carbocycles. The number of hydrogen-bond donors (Lipinski definition) is 0. The molecule has 0 unspecified atom stereocenters. The van der Waals surface area contributed by atoms with Crippen LogP contribution >= 0.6 is 11.8 Å². The van der Waals surface area contributed by atoms with Gasteiger partial charge in [0.15, 0.2) is 23.3 Å². The van der Waals surface area contributed by atoms with Crippen molar-refractivity contribution >= 4 is 17.8 Å². The van der Waals surface area contributed by atoms with E-state index in [0.29, 0.717) is 11.8 Å². The second kappa shape index (κ2) is 6.95. The van der Waals surface area contributed by atoms with E-state index in [1.165, 1.54) is 0 Å². The lowest BCUT2D eigenvalue weighted by atomic mass is 10.1. The quantitative estimate of drug-likeness (QED) is 0.194. The summed E-state index contributed by atoms with van der Waals surface area (Å²) < 4.78 is 79.1. The molecule has 2 aromatic carbocycles. The maximum atomic E-state index is 13.6. The molecule has 24 heavy (non-hydrogen) atoms. The Balaban J connectivity index is 2.53. The maximum absolute atomic E-state index is 13.6. The van der Waals surface area contributed by atoms with Gasteiger partial charge in [-0.05, 0) is 36.0 Å². The summed E-state index contributed by atoms with van der Waals surface area (Å²) in [6.07, 6.45) is 0.226. The van der Waals surface area contributed by atoms with Crippen molar-refractivity contribution in [3.8, 4) is 0 Å². The second-order valence-corrected chi connectivity index (χ2v) is 5.37.